The van der Waals surface area contributed by atoms with Crippen LogP contribution in [-0.4, -0.2) is 42.2 Å². The van der Waals surface area contributed by atoms with E-state index in [2.05, 4.69) is 21.2 Å². The van der Waals surface area contributed by atoms with Gasteiger partial charge in [-0.05, 0) is 32.4 Å². The number of nitrogens with one attached hydrogen (secondary N) is 1. The van der Waals surface area contributed by atoms with Gasteiger partial charge in [-0.2, -0.15) is 0 Å². The van der Waals surface area contributed by atoms with Gasteiger partial charge in [-0.1, -0.05) is 22.0 Å². The zero-order chi connectivity index (χ0) is 17.2. The molecule has 1 aromatic carbocycles. The normalized spacial score (nSPS) is 21.8. The van der Waals surface area contributed by atoms with Crippen LogP contribution in [0.4, 0.5) is 4.79 Å². The van der Waals surface area contributed by atoms with Crippen LogP contribution in [0.15, 0.2) is 22.7 Å². The van der Waals surface area contributed by atoms with Crippen molar-refractivity contribution in [2.75, 3.05) is 20.2 Å². The smallest absolute Gasteiger partial charge is 0.317 e. The Morgan fingerprint density at radius 3 is 2.74 bits per heavy atom. The third-order valence-corrected chi connectivity index (χ3v) is 4.77. The van der Waals surface area contributed by atoms with Gasteiger partial charge in [0.1, 0.15) is 5.75 Å². The molecule has 0 spiro atoms. The van der Waals surface area contributed by atoms with Crippen LogP contribution in [0, 0.1) is 5.41 Å². The molecule has 23 heavy (non-hydrogen) atoms. The summed E-state index contributed by atoms with van der Waals surface area (Å²) in [4.78, 5) is 25.2. The number of methoxy groups -OCH3 is 1. The Morgan fingerprint density at radius 2 is 2.17 bits per heavy atom. The molecule has 2 amide bonds. The van der Waals surface area contributed by atoms with Crippen molar-refractivity contribution in [3.63, 3.8) is 0 Å². The van der Waals surface area contributed by atoms with Gasteiger partial charge < -0.3 is 20.1 Å². The minimum Gasteiger partial charge on any atom is -0.496 e. The Morgan fingerprint density at radius 1 is 1.48 bits per heavy atom. The van der Waals surface area contributed by atoms with E-state index < -0.39 is 11.4 Å². The van der Waals surface area contributed by atoms with Gasteiger partial charge in [-0.25, -0.2) is 4.79 Å². The summed E-state index contributed by atoms with van der Waals surface area (Å²) in [5, 5.41) is 12.2. The average molecular weight is 385 g/mol. The molecule has 0 aliphatic carbocycles. The van der Waals surface area contributed by atoms with Crippen molar-refractivity contribution in [3.05, 3.63) is 28.2 Å². The fourth-order valence-electron chi connectivity index (χ4n) is 2.71. The Kier molecular flexibility index (Phi) is 5.19. The van der Waals surface area contributed by atoms with Crippen molar-refractivity contribution in [2.45, 2.75) is 26.3 Å². The number of ether oxygens (including phenoxy) is 1. The molecule has 1 saturated heterocycles. The second-order valence-corrected chi connectivity index (χ2v) is 7.01. The Bertz CT molecular complexity index is 622. The van der Waals surface area contributed by atoms with Crippen LogP contribution in [0.3, 0.4) is 0 Å². The van der Waals surface area contributed by atoms with Gasteiger partial charge in [0.2, 0.25) is 0 Å². The molecule has 1 aliphatic heterocycles. The number of halogens is 1. The van der Waals surface area contributed by atoms with Crippen molar-refractivity contribution < 1.29 is 19.4 Å². The fraction of sp³-hybridized carbons (Fsp3) is 0.500. The van der Waals surface area contributed by atoms with Crippen LogP contribution < -0.4 is 10.1 Å². The van der Waals surface area contributed by atoms with E-state index >= 15 is 0 Å². The SMILES string of the molecule is COc1cc(Br)ccc1C(C)NC(=O)N1CCC(C)(C(=O)O)C1. The number of nitrogens with zero attached hydrogens (tertiary/aromatic N) is 1. The van der Waals surface area contributed by atoms with E-state index in [1.54, 1.807) is 18.9 Å². The van der Waals surface area contributed by atoms with Crippen molar-refractivity contribution in [2.24, 2.45) is 5.41 Å². The third-order valence-electron chi connectivity index (χ3n) is 4.28. The molecule has 2 unspecified atom stereocenters. The highest BCUT2D eigenvalue weighted by molar-refractivity contribution is 9.10. The molecule has 6 nitrogen and oxygen atoms in total. The predicted octanol–water partition coefficient (Wildman–Crippen LogP) is 3.02. The largest absolute Gasteiger partial charge is 0.496 e. The van der Waals surface area contributed by atoms with Crippen molar-refractivity contribution >= 4 is 27.9 Å². The number of urea groups is 1. The second-order valence-electron chi connectivity index (χ2n) is 6.09. The first-order chi connectivity index (χ1) is 10.8. The molecule has 2 atom stereocenters. The summed E-state index contributed by atoms with van der Waals surface area (Å²) in [5.74, 6) is -0.181. The van der Waals surface area contributed by atoms with Gasteiger partial charge in [0.25, 0.3) is 0 Å². The monoisotopic (exact) mass is 384 g/mol. The van der Waals surface area contributed by atoms with E-state index in [-0.39, 0.29) is 18.6 Å². The molecule has 0 bridgehead atoms. The van der Waals surface area contributed by atoms with Crippen LogP contribution in [0.1, 0.15) is 31.9 Å². The van der Waals surface area contributed by atoms with E-state index in [9.17, 15) is 14.7 Å². The molecular weight excluding hydrogens is 364 g/mol. The van der Waals surface area contributed by atoms with Gasteiger partial charge in [0.15, 0.2) is 0 Å². The summed E-state index contributed by atoms with van der Waals surface area (Å²) in [6.07, 6.45) is 0.464. The zero-order valence-corrected chi connectivity index (χ0v) is 15.0. The number of amides is 2. The predicted molar refractivity (Wildman–Crippen MR) is 89.6 cm³/mol. The minimum atomic E-state index is -0.865. The van der Waals surface area contributed by atoms with Gasteiger partial charge in [-0.15, -0.1) is 0 Å². The van der Waals surface area contributed by atoms with Crippen LogP contribution >= 0.6 is 15.9 Å². The zero-order valence-electron chi connectivity index (χ0n) is 13.4. The highest BCUT2D eigenvalue weighted by atomic mass is 79.9. The van der Waals surface area contributed by atoms with E-state index in [1.807, 2.05) is 25.1 Å². The Hall–Kier alpha value is -1.76. The number of likely N-dealkylation sites (tertiary alicyclic amines) is 1. The third kappa shape index (κ3) is 3.77. The van der Waals surface area contributed by atoms with Crippen LogP contribution in [-0.2, 0) is 4.79 Å². The highest BCUT2D eigenvalue weighted by Crippen LogP contribution is 2.31. The summed E-state index contributed by atoms with van der Waals surface area (Å²) in [6.45, 7) is 4.21. The lowest BCUT2D eigenvalue weighted by Crippen LogP contribution is -2.41. The van der Waals surface area contributed by atoms with E-state index in [0.29, 0.717) is 18.7 Å². The van der Waals surface area contributed by atoms with Gasteiger partial charge in [0, 0.05) is 23.1 Å². The average Bonchev–Trinajstić information content (AvgIpc) is 2.91. The first-order valence-corrected chi connectivity index (χ1v) is 8.18. The maximum Gasteiger partial charge on any atom is 0.317 e. The molecule has 0 aromatic heterocycles. The lowest BCUT2D eigenvalue weighted by Gasteiger charge is -2.24. The second kappa shape index (κ2) is 6.78. The number of aliphatic carboxylic acids is 1. The van der Waals surface area contributed by atoms with Crippen LogP contribution in [0.25, 0.3) is 0 Å². The van der Waals surface area contributed by atoms with E-state index in [0.717, 1.165) is 10.0 Å². The molecular formula is C16H21BrN2O4. The summed E-state index contributed by atoms with van der Waals surface area (Å²) in [6, 6.07) is 5.11. The number of carbonyl (C=O) groups is 2. The number of benzene rings is 1. The molecule has 126 valence electrons. The summed E-state index contributed by atoms with van der Waals surface area (Å²) < 4.78 is 6.24. The lowest BCUT2D eigenvalue weighted by molar-refractivity contribution is -0.146. The fourth-order valence-corrected chi connectivity index (χ4v) is 3.05. The molecule has 1 aromatic rings. The standard InChI is InChI=1S/C16H21BrN2O4/c1-10(12-5-4-11(17)8-13(12)23-3)18-15(22)19-7-6-16(2,9-19)14(20)21/h4-5,8,10H,6-7,9H2,1-3H3,(H,18,22)(H,20,21). The number of carboxylic acid groups (broad SMARTS) is 1. The van der Waals surface area contributed by atoms with Crippen molar-refractivity contribution in [1.29, 1.82) is 0 Å². The molecule has 0 radical (unpaired) electrons. The lowest BCUT2D eigenvalue weighted by atomic mass is 9.90. The summed E-state index contributed by atoms with van der Waals surface area (Å²) in [5.41, 5.74) is -0.000159. The number of carbonyl (C=O) groups excluding carboxylic acids is 1. The van der Waals surface area contributed by atoms with Crippen molar-refractivity contribution in [3.8, 4) is 5.75 Å². The van der Waals surface area contributed by atoms with Crippen LogP contribution in [0.2, 0.25) is 0 Å². The molecule has 1 aliphatic rings. The van der Waals surface area contributed by atoms with Gasteiger partial charge in [0.05, 0.1) is 18.6 Å². The van der Waals surface area contributed by atoms with E-state index in [1.165, 1.54) is 0 Å². The Balaban J connectivity index is 2.05. The van der Waals surface area contributed by atoms with Crippen molar-refractivity contribution in [1.82, 2.24) is 10.2 Å². The summed E-state index contributed by atoms with van der Waals surface area (Å²) >= 11 is 3.39. The molecule has 2 rings (SSSR count). The Labute approximate surface area is 143 Å². The maximum absolute atomic E-state index is 12.4. The number of hydrogen-bond donors (Lipinski definition) is 2. The molecule has 0 saturated carbocycles. The quantitative estimate of drug-likeness (QED) is 0.835. The molecule has 2 N–H and O–H groups in total. The first kappa shape index (κ1) is 17.6. The van der Waals surface area contributed by atoms with E-state index in [4.69, 9.17) is 4.74 Å². The van der Waals surface area contributed by atoms with Gasteiger partial charge >= 0.3 is 12.0 Å². The van der Waals surface area contributed by atoms with Gasteiger partial charge in [-0.3, -0.25) is 4.79 Å². The topological polar surface area (TPSA) is 78.9 Å². The molecule has 1 fully saturated rings. The maximum atomic E-state index is 12.4. The molecule has 7 heteroatoms. The first-order valence-electron chi connectivity index (χ1n) is 7.39. The molecule has 1 heterocycles. The van der Waals surface area contributed by atoms with Crippen LogP contribution in [0.5, 0.6) is 5.75 Å². The number of carboxylic acids is 1. The number of hydrogen-bond acceptors (Lipinski definition) is 3. The minimum absolute atomic E-state index is 0.221. The summed E-state index contributed by atoms with van der Waals surface area (Å²) in [7, 11) is 1.58. The highest BCUT2D eigenvalue weighted by Gasteiger charge is 2.42. The number of rotatable bonds is 4.